The van der Waals surface area contributed by atoms with Gasteiger partial charge in [-0.1, -0.05) is 32.1 Å². The maximum absolute atomic E-state index is 12.6. The first-order valence-electron chi connectivity index (χ1n) is 9.44. The van der Waals surface area contributed by atoms with E-state index in [-0.39, 0.29) is 12.0 Å². The third-order valence-corrected chi connectivity index (χ3v) is 5.75. The molecular formula is C18H27NO6. The van der Waals surface area contributed by atoms with Crippen LogP contribution in [-0.4, -0.2) is 53.8 Å². The molecule has 0 aromatic heterocycles. The molecule has 7 heteroatoms. The van der Waals surface area contributed by atoms with Crippen LogP contribution in [0.25, 0.3) is 0 Å². The summed E-state index contributed by atoms with van der Waals surface area (Å²) in [7, 11) is 0. The molecule has 0 bridgehead atoms. The van der Waals surface area contributed by atoms with Crippen LogP contribution in [0.4, 0.5) is 4.79 Å². The van der Waals surface area contributed by atoms with E-state index >= 15 is 0 Å². The van der Waals surface area contributed by atoms with Gasteiger partial charge in [-0.05, 0) is 26.2 Å². The van der Waals surface area contributed by atoms with E-state index in [1.807, 2.05) is 13.8 Å². The minimum atomic E-state index is -0.746. The fourth-order valence-electron chi connectivity index (χ4n) is 4.41. The Kier molecular flexibility index (Phi) is 4.50. The van der Waals surface area contributed by atoms with Gasteiger partial charge in [0, 0.05) is 6.42 Å². The van der Waals surface area contributed by atoms with Crippen molar-refractivity contribution < 1.29 is 28.5 Å². The third-order valence-electron chi connectivity index (χ3n) is 5.75. The van der Waals surface area contributed by atoms with E-state index in [9.17, 15) is 9.59 Å². The summed E-state index contributed by atoms with van der Waals surface area (Å²) >= 11 is 0. The fraction of sp³-hybridized carbons (Fsp3) is 0.889. The summed E-state index contributed by atoms with van der Waals surface area (Å²) in [5.41, 5.74) is 0. The van der Waals surface area contributed by atoms with Crippen molar-refractivity contribution in [3.05, 3.63) is 0 Å². The summed E-state index contributed by atoms with van der Waals surface area (Å²) in [6, 6.07) is 0. The van der Waals surface area contributed by atoms with Crippen LogP contribution in [0.3, 0.4) is 0 Å². The second-order valence-corrected chi connectivity index (χ2v) is 8.01. The van der Waals surface area contributed by atoms with E-state index in [1.165, 1.54) is 32.1 Å². The molecule has 3 saturated heterocycles. The number of carbonyl (C=O) groups excluding carboxylic acids is 2. The first-order valence-corrected chi connectivity index (χ1v) is 9.44. The number of imide groups is 1. The van der Waals surface area contributed by atoms with Crippen LogP contribution in [-0.2, 0) is 23.7 Å². The Morgan fingerprint density at radius 3 is 2.72 bits per heavy atom. The Bertz CT molecular complexity index is 544. The molecule has 1 saturated carbocycles. The van der Waals surface area contributed by atoms with Crippen molar-refractivity contribution in [2.75, 3.05) is 6.61 Å². The van der Waals surface area contributed by atoms with E-state index in [2.05, 4.69) is 0 Å². The molecule has 25 heavy (non-hydrogen) atoms. The predicted octanol–water partition coefficient (Wildman–Crippen LogP) is 2.57. The van der Waals surface area contributed by atoms with Crippen molar-refractivity contribution in [1.82, 2.24) is 4.90 Å². The van der Waals surface area contributed by atoms with Crippen LogP contribution in [0, 0.1) is 5.92 Å². The smallest absolute Gasteiger partial charge is 0.419 e. The average molecular weight is 353 g/mol. The van der Waals surface area contributed by atoms with E-state index in [0.717, 1.165) is 11.3 Å². The monoisotopic (exact) mass is 353 g/mol. The van der Waals surface area contributed by atoms with Gasteiger partial charge in [0.05, 0.1) is 6.61 Å². The number of carbonyl (C=O) groups is 2. The van der Waals surface area contributed by atoms with Crippen molar-refractivity contribution in [2.24, 2.45) is 5.92 Å². The first kappa shape index (κ1) is 17.2. The molecule has 0 unspecified atom stereocenters. The number of ether oxygens (including phenoxy) is 4. The highest BCUT2D eigenvalue weighted by molar-refractivity contribution is 5.93. The van der Waals surface area contributed by atoms with Crippen LogP contribution >= 0.6 is 0 Å². The molecule has 0 aromatic carbocycles. The average Bonchev–Trinajstić information content (AvgIpc) is 3.07. The molecule has 140 valence electrons. The SMILES string of the molecule is CC1(C)OC[C@H]2O[C@H]3[C@H](OC(=O)N3C(=O)CCC3CCCCC3)[C@H]2O1. The number of fused-ring (bicyclic) bond motifs is 3. The second-order valence-electron chi connectivity index (χ2n) is 8.01. The number of nitrogens with zero attached hydrogens (tertiary/aromatic N) is 1. The first-order chi connectivity index (χ1) is 11.9. The lowest BCUT2D eigenvalue weighted by atomic mass is 9.86. The quantitative estimate of drug-likeness (QED) is 0.776. The van der Waals surface area contributed by atoms with Crippen LogP contribution < -0.4 is 0 Å². The minimum absolute atomic E-state index is 0.207. The van der Waals surface area contributed by atoms with Crippen molar-refractivity contribution >= 4 is 12.0 Å². The molecule has 4 rings (SSSR count). The van der Waals surface area contributed by atoms with E-state index in [1.54, 1.807) is 0 Å². The zero-order valence-electron chi connectivity index (χ0n) is 14.9. The Hall–Kier alpha value is -1.18. The third kappa shape index (κ3) is 3.29. The lowest BCUT2D eigenvalue weighted by Gasteiger charge is -2.37. The summed E-state index contributed by atoms with van der Waals surface area (Å²) < 4.78 is 22.8. The summed E-state index contributed by atoms with van der Waals surface area (Å²) in [5, 5.41) is 0. The van der Waals surface area contributed by atoms with Crippen LogP contribution in [0.5, 0.6) is 0 Å². The van der Waals surface area contributed by atoms with Gasteiger partial charge in [-0.3, -0.25) is 4.79 Å². The van der Waals surface area contributed by atoms with Gasteiger partial charge in [-0.25, -0.2) is 9.69 Å². The van der Waals surface area contributed by atoms with Gasteiger partial charge in [0.15, 0.2) is 18.1 Å². The molecule has 1 aliphatic carbocycles. The van der Waals surface area contributed by atoms with Gasteiger partial charge in [-0.2, -0.15) is 0 Å². The van der Waals surface area contributed by atoms with E-state index in [0.29, 0.717) is 18.9 Å². The van der Waals surface area contributed by atoms with Crippen molar-refractivity contribution in [3.8, 4) is 0 Å². The fourth-order valence-corrected chi connectivity index (χ4v) is 4.41. The number of amides is 2. The van der Waals surface area contributed by atoms with Gasteiger partial charge in [0.25, 0.3) is 0 Å². The maximum atomic E-state index is 12.6. The standard InChI is InChI=1S/C18H27NO6/c1-18(2)22-10-12-14(25-18)15-16(23-12)19(17(21)24-15)13(20)9-8-11-6-4-3-5-7-11/h11-12,14-16H,3-10H2,1-2H3/t12-,14+,15-,16+/m1/s1. The van der Waals surface area contributed by atoms with Crippen LogP contribution in [0.2, 0.25) is 0 Å². The Morgan fingerprint density at radius 2 is 1.96 bits per heavy atom. The lowest BCUT2D eigenvalue weighted by molar-refractivity contribution is -0.301. The predicted molar refractivity (Wildman–Crippen MR) is 86.5 cm³/mol. The van der Waals surface area contributed by atoms with Gasteiger partial charge in [0.1, 0.15) is 12.2 Å². The highest BCUT2D eigenvalue weighted by Gasteiger charge is 2.60. The summed E-state index contributed by atoms with van der Waals surface area (Å²) in [4.78, 5) is 26.0. The number of hydrogen-bond donors (Lipinski definition) is 0. The summed E-state index contributed by atoms with van der Waals surface area (Å²) in [5.74, 6) is -0.358. The molecule has 2 amide bonds. The lowest BCUT2D eigenvalue weighted by Crippen LogP contribution is -2.50. The zero-order valence-corrected chi connectivity index (χ0v) is 14.9. The molecule has 0 spiro atoms. The molecule has 4 atom stereocenters. The highest BCUT2D eigenvalue weighted by Crippen LogP contribution is 2.40. The van der Waals surface area contributed by atoms with Crippen molar-refractivity contribution in [2.45, 2.75) is 89.1 Å². The summed E-state index contributed by atoms with van der Waals surface area (Å²) in [6.07, 6.45) is 4.76. The number of rotatable bonds is 3. The highest BCUT2D eigenvalue weighted by atomic mass is 16.8. The maximum Gasteiger partial charge on any atom is 0.419 e. The Morgan fingerprint density at radius 1 is 1.20 bits per heavy atom. The zero-order chi connectivity index (χ0) is 17.6. The number of hydrogen-bond acceptors (Lipinski definition) is 6. The molecule has 3 aliphatic heterocycles. The molecule has 0 radical (unpaired) electrons. The van der Waals surface area contributed by atoms with Gasteiger partial charge < -0.3 is 18.9 Å². The Balaban J connectivity index is 1.39. The topological polar surface area (TPSA) is 74.3 Å². The van der Waals surface area contributed by atoms with Gasteiger partial charge in [0.2, 0.25) is 5.91 Å². The molecule has 7 nitrogen and oxygen atoms in total. The molecule has 0 aromatic rings. The molecule has 3 heterocycles. The minimum Gasteiger partial charge on any atom is -0.438 e. The Labute approximate surface area is 147 Å². The van der Waals surface area contributed by atoms with Crippen molar-refractivity contribution in [3.63, 3.8) is 0 Å². The normalized spacial score (nSPS) is 37.5. The summed E-state index contributed by atoms with van der Waals surface area (Å²) in [6.45, 7) is 4.01. The van der Waals surface area contributed by atoms with Crippen molar-refractivity contribution in [1.29, 1.82) is 0 Å². The molecular weight excluding hydrogens is 326 g/mol. The van der Waals surface area contributed by atoms with Crippen LogP contribution in [0.15, 0.2) is 0 Å². The second kappa shape index (κ2) is 6.52. The molecule has 0 N–H and O–H groups in total. The van der Waals surface area contributed by atoms with Gasteiger partial charge in [-0.15, -0.1) is 0 Å². The van der Waals surface area contributed by atoms with Gasteiger partial charge >= 0.3 is 6.09 Å². The molecule has 4 aliphatic rings. The van der Waals surface area contributed by atoms with E-state index < -0.39 is 30.3 Å². The molecule has 4 fully saturated rings. The largest absolute Gasteiger partial charge is 0.438 e. The van der Waals surface area contributed by atoms with E-state index in [4.69, 9.17) is 18.9 Å². The van der Waals surface area contributed by atoms with Crippen LogP contribution in [0.1, 0.15) is 58.8 Å².